The van der Waals surface area contributed by atoms with Crippen LogP contribution in [0.15, 0.2) is 24.3 Å². The van der Waals surface area contributed by atoms with Crippen LogP contribution in [-0.4, -0.2) is 32.4 Å². The smallest absolute Gasteiger partial charge is 0.221 e. The van der Waals surface area contributed by atoms with Gasteiger partial charge >= 0.3 is 0 Å². The molecule has 0 spiro atoms. The molecule has 0 radical (unpaired) electrons. The number of carbonyl (C=O) groups excluding carboxylic acids is 1. The maximum atomic E-state index is 11.5. The summed E-state index contributed by atoms with van der Waals surface area (Å²) in [5.41, 5.74) is 2.05. The second-order valence-electron chi connectivity index (χ2n) is 5.33. The Bertz CT molecular complexity index is 550. The molecule has 21 heavy (non-hydrogen) atoms. The number of hydrogen-bond acceptors (Lipinski definition) is 4. The lowest BCUT2D eigenvalue weighted by Gasteiger charge is -2.09. The summed E-state index contributed by atoms with van der Waals surface area (Å²) in [5, 5.41) is 2.71. The van der Waals surface area contributed by atoms with E-state index in [2.05, 4.69) is 5.32 Å². The van der Waals surface area contributed by atoms with Crippen molar-refractivity contribution in [1.29, 1.82) is 0 Å². The van der Waals surface area contributed by atoms with Crippen molar-refractivity contribution in [2.24, 2.45) is 0 Å². The molecule has 118 valence electrons. The third kappa shape index (κ3) is 8.47. The molecule has 0 aliphatic heterocycles. The molecule has 0 fully saturated rings. The molecule has 0 heterocycles. The summed E-state index contributed by atoms with van der Waals surface area (Å²) in [6.07, 6.45) is 1.32. The largest absolute Gasteiger partial charge is 0.374 e. The van der Waals surface area contributed by atoms with Crippen molar-refractivity contribution >= 4 is 15.7 Å². The molecule has 0 aliphatic carbocycles. The highest BCUT2D eigenvalue weighted by Gasteiger charge is 2.07. The SMILES string of the molecule is CC(C)OCc1ccc(CNC(=O)CCS(C)(=O)=O)cc1. The zero-order valence-corrected chi connectivity index (χ0v) is 13.6. The molecule has 0 unspecified atom stereocenters. The van der Waals surface area contributed by atoms with Crippen molar-refractivity contribution in [3.05, 3.63) is 35.4 Å². The predicted molar refractivity (Wildman–Crippen MR) is 82.5 cm³/mol. The van der Waals surface area contributed by atoms with Gasteiger partial charge in [0.1, 0.15) is 9.84 Å². The molecule has 1 rings (SSSR count). The zero-order chi connectivity index (χ0) is 15.9. The zero-order valence-electron chi connectivity index (χ0n) is 12.8. The fraction of sp³-hybridized carbons (Fsp3) is 0.533. The molecule has 0 aromatic heterocycles. The summed E-state index contributed by atoms with van der Waals surface area (Å²) in [7, 11) is -3.10. The van der Waals surface area contributed by atoms with Crippen molar-refractivity contribution in [1.82, 2.24) is 5.32 Å². The third-order valence-electron chi connectivity index (χ3n) is 2.80. The van der Waals surface area contributed by atoms with Crippen molar-refractivity contribution in [3.8, 4) is 0 Å². The van der Waals surface area contributed by atoms with Crippen LogP contribution in [0.3, 0.4) is 0 Å². The van der Waals surface area contributed by atoms with E-state index in [4.69, 9.17) is 4.74 Å². The number of benzene rings is 1. The van der Waals surface area contributed by atoms with Crippen LogP contribution < -0.4 is 5.32 Å². The van der Waals surface area contributed by atoms with Gasteiger partial charge in [0.2, 0.25) is 5.91 Å². The molecule has 0 saturated carbocycles. The Balaban J connectivity index is 2.37. The monoisotopic (exact) mass is 313 g/mol. The third-order valence-corrected chi connectivity index (χ3v) is 3.74. The maximum absolute atomic E-state index is 11.5. The molecule has 1 aromatic carbocycles. The molecule has 1 aromatic rings. The molecule has 1 N–H and O–H groups in total. The summed E-state index contributed by atoms with van der Waals surface area (Å²) in [6, 6.07) is 7.77. The number of ether oxygens (including phenoxy) is 1. The van der Waals surface area contributed by atoms with Gasteiger partial charge < -0.3 is 10.1 Å². The van der Waals surface area contributed by atoms with Crippen molar-refractivity contribution in [2.45, 2.75) is 39.5 Å². The lowest BCUT2D eigenvalue weighted by molar-refractivity contribution is -0.120. The van der Waals surface area contributed by atoms with Gasteiger partial charge in [-0.15, -0.1) is 0 Å². The lowest BCUT2D eigenvalue weighted by atomic mass is 10.1. The van der Waals surface area contributed by atoms with Crippen LogP contribution in [-0.2, 0) is 32.5 Å². The van der Waals surface area contributed by atoms with Gasteiger partial charge in [-0.05, 0) is 25.0 Å². The Hall–Kier alpha value is -1.40. The molecule has 0 saturated heterocycles. The van der Waals surface area contributed by atoms with Crippen LogP contribution in [0.5, 0.6) is 0 Å². The van der Waals surface area contributed by atoms with Gasteiger partial charge in [0.25, 0.3) is 0 Å². The number of carbonyl (C=O) groups is 1. The molecular weight excluding hydrogens is 290 g/mol. The highest BCUT2D eigenvalue weighted by molar-refractivity contribution is 7.90. The van der Waals surface area contributed by atoms with E-state index in [1.54, 1.807) is 0 Å². The second kappa shape index (κ2) is 8.14. The molecule has 0 bridgehead atoms. The fourth-order valence-electron chi connectivity index (χ4n) is 1.58. The first-order chi connectivity index (χ1) is 9.76. The van der Waals surface area contributed by atoms with Gasteiger partial charge in [-0.25, -0.2) is 8.42 Å². The van der Waals surface area contributed by atoms with E-state index in [0.717, 1.165) is 17.4 Å². The number of hydrogen-bond donors (Lipinski definition) is 1. The Labute approximate surface area is 126 Å². The van der Waals surface area contributed by atoms with E-state index in [0.29, 0.717) is 13.2 Å². The van der Waals surface area contributed by atoms with E-state index in [-0.39, 0.29) is 24.2 Å². The van der Waals surface area contributed by atoms with Gasteiger partial charge in [-0.3, -0.25) is 4.79 Å². The van der Waals surface area contributed by atoms with Gasteiger partial charge in [0.05, 0.1) is 18.5 Å². The molecule has 0 aliphatic rings. The Morgan fingerprint density at radius 2 is 1.76 bits per heavy atom. The number of nitrogens with one attached hydrogen (secondary N) is 1. The number of amides is 1. The first-order valence-electron chi connectivity index (χ1n) is 6.90. The predicted octanol–water partition coefficient (Wildman–Crippen LogP) is 1.66. The van der Waals surface area contributed by atoms with Crippen LogP contribution in [0, 0.1) is 0 Å². The fourth-order valence-corrected chi connectivity index (χ4v) is 2.14. The quantitative estimate of drug-likeness (QED) is 0.792. The van der Waals surface area contributed by atoms with E-state index in [9.17, 15) is 13.2 Å². The van der Waals surface area contributed by atoms with Crippen LogP contribution in [0.25, 0.3) is 0 Å². The summed E-state index contributed by atoms with van der Waals surface area (Å²) in [4.78, 5) is 11.5. The van der Waals surface area contributed by atoms with Crippen LogP contribution in [0.2, 0.25) is 0 Å². The minimum Gasteiger partial charge on any atom is -0.374 e. The van der Waals surface area contributed by atoms with Gasteiger partial charge in [-0.2, -0.15) is 0 Å². The normalized spacial score (nSPS) is 11.6. The van der Waals surface area contributed by atoms with Gasteiger partial charge in [-0.1, -0.05) is 24.3 Å². The molecule has 5 nitrogen and oxygen atoms in total. The first kappa shape index (κ1) is 17.7. The standard InChI is InChI=1S/C15H23NO4S/c1-12(2)20-11-14-6-4-13(5-7-14)10-16-15(17)8-9-21(3,18)19/h4-7,12H,8-11H2,1-3H3,(H,16,17). The van der Waals surface area contributed by atoms with Crippen molar-refractivity contribution in [2.75, 3.05) is 12.0 Å². The number of rotatable bonds is 8. The molecule has 0 atom stereocenters. The topological polar surface area (TPSA) is 72.5 Å². The van der Waals surface area contributed by atoms with Crippen molar-refractivity contribution in [3.63, 3.8) is 0 Å². The second-order valence-corrected chi connectivity index (χ2v) is 7.59. The molecule has 6 heteroatoms. The number of sulfone groups is 1. The van der Waals surface area contributed by atoms with E-state index < -0.39 is 9.84 Å². The van der Waals surface area contributed by atoms with E-state index >= 15 is 0 Å². The van der Waals surface area contributed by atoms with Crippen LogP contribution in [0.1, 0.15) is 31.4 Å². The van der Waals surface area contributed by atoms with Crippen LogP contribution >= 0.6 is 0 Å². The average molecular weight is 313 g/mol. The van der Waals surface area contributed by atoms with Gasteiger partial charge in [0.15, 0.2) is 0 Å². The Morgan fingerprint density at radius 1 is 1.19 bits per heavy atom. The minimum absolute atomic E-state index is 0.000848. The summed E-state index contributed by atoms with van der Waals surface area (Å²) >= 11 is 0. The lowest BCUT2D eigenvalue weighted by Crippen LogP contribution is -2.24. The molecule has 1 amide bonds. The average Bonchev–Trinajstić information content (AvgIpc) is 2.41. The van der Waals surface area contributed by atoms with Crippen LogP contribution in [0.4, 0.5) is 0 Å². The Morgan fingerprint density at radius 3 is 2.29 bits per heavy atom. The van der Waals surface area contributed by atoms with Gasteiger partial charge in [0, 0.05) is 19.2 Å². The summed E-state index contributed by atoms with van der Waals surface area (Å²) < 4.78 is 27.4. The van der Waals surface area contributed by atoms with E-state index in [1.165, 1.54) is 0 Å². The highest BCUT2D eigenvalue weighted by Crippen LogP contribution is 2.07. The summed E-state index contributed by atoms with van der Waals surface area (Å²) in [5.74, 6) is -0.378. The van der Waals surface area contributed by atoms with E-state index in [1.807, 2.05) is 38.1 Å². The Kier molecular flexibility index (Phi) is 6.84. The maximum Gasteiger partial charge on any atom is 0.221 e. The van der Waals surface area contributed by atoms with Crippen molar-refractivity contribution < 1.29 is 17.9 Å². The molecular formula is C15H23NO4S. The first-order valence-corrected chi connectivity index (χ1v) is 8.96. The summed E-state index contributed by atoms with van der Waals surface area (Å²) in [6.45, 7) is 4.94. The highest BCUT2D eigenvalue weighted by atomic mass is 32.2. The minimum atomic E-state index is -3.10.